The molecule has 0 saturated heterocycles. The van der Waals surface area contributed by atoms with Gasteiger partial charge in [0.2, 0.25) is 0 Å². The van der Waals surface area contributed by atoms with Gasteiger partial charge in [0.15, 0.2) is 0 Å². The average Bonchev–Trinajstić information content (AvgIpc) is 3.01. The SMILES string of the molecule is COc1ccc(C(C)NC(=O)c2c(C)oc3ccc(OC)cc23)c(OC)c1. The molecule has 3 rings (SSSR count). The van der Waals surface area contributed by atoms with Crippen molar-refractivity contribution in [2.24, 2.45) is 0 Å². The third kappa shape index (κ3) is 3.56. The van der Waals surface area contributed by atoms with Crippen molar-refractivity contribution in [3.63, 3.8) is 0 Å². The first-order chi connectivity index (χ1) is 13.0. The molecule has 0 spiro atoms. The molecule has 2 aromatic carbocycles. The Bertz CT molecular complexity index is 976. The van der Waals surface area contributed by atoms with E-state index in [9.17, 15) is 4.79 Å². The summed E-state index contributed by atoms with van der Waals surface area (Å²) in [5, 5.41) is 3.74. The first-order valence-electron chi connectivity index (χ1n) is 8.58. The van der Waals surface area contributed by atoms with E-state index in [0.29, 0.717) is 34.2 Å². The topological polar surface area (TPSA) is 69.9 Å². The van der Waals surface area contributed by atoms with Crippen LogP contribution in [0.3, 0.4) is 0 Å². The second-order valence-electron chi connectivity index (χ2n) is 6.20. The van der Waals surface area contributed by atoms with E-state index >= 15 is 0 Å². The lowest BCUT2D eigenvalue weighted by Crippen LogP contribution is -2.27. The minimum Gasteiger partial charge on any atom is -0.497 e. The zero-order valence-electron chi connectivity index (χ0n) is 16.1. The molecule has 1 heterocycles. The minimum absolute atomic E-state index is 0.218. The van der Waals surface area contributed by atoms with Crippen LogP contribution in [0, 0.1) is 6.92 Å². The molecule has 0 bridgehead atoms. The molecule has 0 fully saturated rings. The lowest BCUT2D eigenvalue weighted by atomic mass is 10.0. The number of rotatable bonds is 6. The van der Waals surface area contributed by atoms with E-state index in [1.54, 1.807) is 52.5 Å². The van der Waals surface area contributed by atoms with Gasteiger partial charge in [-0.25, -0.2) is 0 Å². The van der Waals surface area contributed by atoms with Crippen molar-refractivity contribution in [1.82, 2.24) is 5.32 Å². The van der Waals surface area contributed by atoms with E-state index in [4.69, 9.17) is 18.6 Å². The fourth-order valence-corrected chi connectivity index (χ4v) is 3.13. The van der Waals surface area contributed by atoms with Crippen LogP contribution in [0.25, 0.3) is 11.0 Å². The van der Waals surface area contributed by atoms with Crippen molar-refractivity contribution < 1.29 is 23.4 Å². The fourth-order valence-electron chi connectivity index (χ4n) is 3.13. The number of furan rings is 1. The Labute approximate surface area is 158 Å². The number of methoxy groups -OCH3 is 3. The summed E-state index contributed by atoms with van der Waals surface area (Å²) in [5.41, 5.74) is 2.01. The van der Waals surface area contributed by atoms with E-state index in [0.717, 1.165) is 10.9 Å². The van der Waals surface area contributed by atoms with Gasteiger partial charge in [-0.05, 0) is 44.2 Å². The van der Waals surface area contributed by atoms with E-state index in [1.807, 2.05) is 19.1 Å². The highest BCUT2D eigenvalue weighted by Crippen LogP contribution is 2.32. The van der Waals surface area contributed by atoms with Crippen molar-refractivity contribution in [2.45, 2.75) is 19.9 Å². The van der Waals surface area contributed by atoms with Crippen LogP contribution in [0.5, 0.6) is 17.2 Å². The van der Waals surface area contributed by atoms with Gasteiger partial charge >= 0.3 is 0 Å². The Morgan fingerprint density at radius 1 is 1.00 bits per heavy atom. The zero-order chi connectivity index (χ0) is 19.6. The number of hydrogen-bond acceptors (Lipinski definition) is 5. The largest absolute Gasteiger partial charge is 0.497 e. The summed E-state index contributed by atoms with van der Waals surface area (Å²) in [5.74, 6) is 2.35. The summed E-state index contributed by atoms with van der Waals surface area (Å²) in [6, 6.07) is 10.6. The van der Waals surface area contributed by atoms with Crippen molar-refractivity contribution in [3.8, 4) is 17.2 Å². The molecule has 0 aliphatic carbocycles. The molecular formula is C21H23NO5. The normalized spacial score (nSPS) is 11.9. The highest BCUT2D eigenvalue weighted by Gasteiger charge is 2.22. The number of aryl methyl sites for hydroxylation is 1. The molecule has 1 atom stereocenters. The van der Waals surface area contributed by atoms with E-state index in [-0.39, 0.29) is 11.9 Å². The van der Waals surface area contributed by atoms with Crippen LogP contribution >= 0.6 is 0 Å². The van der Waals surface area contributed by atoms with E-state index < -0.39 is 0 Å². The summed E-state index contributed by atoms with van der Waals surface area (Å²) >= 11 is 0. The van der Waals surface area contributed by atoms with Gasteiger partial charge in [-0.3, -0.25) is 4.79 Å². The molecule has 1 N–H and O–H groups in total. The molecular weight excluding hydrogens is 346 g/mol. The lowest BCUT2D eigenvalue weighted by Gasteiger charge is -2.18. The molecule has 0 radical (unpaired) electrons. The number of fused-ring (bicyclic) bond motifs is 1. The van der Waals surface area contributed by atoms with Crippen molar-refractivity contribution in [2.75, 3.05) is 21.3 Å². The number of benzene rings is 2. The van der Waals surface area contributed by atoms with E-state index in [1.165, 1.54) is 0 Å². The summed E-state index contributed by atoms with van der Waals surface area (Å²) < 4.78 is 21.7. The van der Waals surface area contributed by atoms with Crippen molar-refractivity contribution in [1.29, 1.82) is 0 Å². The molecule has 1 unspecified atom stereocenters. The molecule has 3 aromatic rings. The molecule has 0 saturated carbocycles. The van der Waals surface area contributed by atoms with Gasteiger partial charge in [0.05, 0.1) is 32.9 Å². The number of hydrogen-bond donors (Lipinski definition) is 1. The standard InChI is InChI=1S/C21H23NO5/c1-12(16-8-6-15(25-4)11-19(16)26-5)22-21(23)20-13(2)27-18-9-7-14(24-3)10-17(18)20/h6-12H,1-5H3,(H,22,23). The smallest absolute Gasteiger partial charge is 0.255 e. The number of ether oxygens (including phenoxy) is 3. The monoisotopic (exact) mass is 369 g/mol. The van der Waals surface area contributed by atoms with Crippen LogP contribution in [-0.2, 0) is 0 Å². The van der Waals surface area contributed by atoms with Crippen LogP contribution in [0.4, 0.5) is 0 Å². The molecule has 6 heteroatoms. The maximum Gasteiger partial charge on any atom is 0.255 e. The molecule has 0 aliphatic rings. The third-order valence-corrected chi connectivity index (χ3v) is 4.55. The van der Waals surface area contributed by atoms with Gasteiger partial charge in [0.1, 0.15) is 28.6 Å². The number of nitrogens with one attached hydrogen (secondary N) is 1. The van der Waals surface area contributed by atoms with Crippen LogP contribution in [-0.4, -0.2) is 27.2 Å². The quantitative estimate of drug-likeness (QED) is 0.703. The fraction of sp³-hybridized carbons (Fsp3) is 0.286. The van der Waals surface area contributed by atoms with Crippen molar-refractivity contribution >= 4 is 16.9 Å². The maximum absolute atomic E-state index is 13.0. The molecule has 142 valence electrons. The van der Waals surface area contributed by atoms with Crippen LogP contribution < -0.4 is 19.5 Å². The van der Waals surface area contributed by atoms with Gasteiger partial charge in [-0.15, -0.1) is 0 Å². The molecule has 6 nitrogen and oxygen atoms in total. The van der Waals surface area contributed by atoms with Gasteiger partial charge in [-0.1, -0.05) is 0 Å². The highest BCUT2D eigenvalue weighted by molar-refractivity contribution is 6.07. The summed E-state index contributed by atoms with van der Waals surface area (Å²) in [6.45, 7) is 3.68. The Morgan fingerprint density at radius 2 is 1.67 bits per heavy atom. The predicted molar refractivity (Wildman–Crippen MR) is 103 cm³/mol. The first kappa shape index (κ1) is 18.6. The van der Waals surface area contributed by atoms with E-state index in [2.05, 4.69) is 5.32 Å². The van der Waals surface area contributed by atoms with Crippen LogP contribution in [0.2, 0.25) is 0 Å². The maximum atomic E-state index is 13.0. The molecule has 0 aliphatic heterocycles. The lowest BCUT2D eigenvalue weighted by molar-refractivity contribution is 0.0939. The second kappa shape index (κ2) is 7.61. The summed E-state index contributed by atoms with van der Waals surface area (Å²) in [4.78, 5) is 13.0. The summed E-state index contributed by atoms with van der Waals surface area (Å²) in [7, 11) is 4.78. The average molecular weight is 369 g/mol. The van der Waals surface area contributed by atoms with Gasteiger partial charge in [-0.2, -0.15) is 0 Å². The van der Waals surface area contributed by atoms with Crippen molar-refractivity contribution in [3.05, 3.63) is 53.3 Å². The Kier molecular flexibility index (Phi) is 5.26. The van der Waals surface area contributed by atoms with Gasteiger partial charge in [0, 0.05) is 17.0 Å². The molecule has 1 amide bonds. The zero-order valence-corrected chi connectivity index (χ0v) is 16.1. The van der Waals surface area contributed by atoms with Gasteiger partial charge in [0.25, 0.3) is 5.91 Å². The summed E-state index contributed by atoms with van der Waals surface area (Å²) in [6.07, 6.45) is 0. The first-order valence-corrected chi connectivity index (χ1v) is 8.58. The number of carbonyl (C=O) groups is 1. The predicted octanol–water partition coefficient (Wildman–Crippen LogP) is 4.26. The van der Waals surface area contributed by atoms with Crippen LogP contribution in [0.1, 0.15) is 34.6 Å². The van der Waals surface area contributed by atoms with Crippen LogP contribution in [0.15, 0.2) is 40.8 Å². The molecule has 27 heavy (non-hydrogen) atoms. The van der Waals surface area contributed by atoms with Gasteiger partial charge < -0.3 is 23.9 Å². The highest BCUT2D eigenvalue weighted by atomic mass is 16.5. The Hall–Kier alpha value is -3.15. The third-order valence-electron chi connectivity index (χ3n) is 4.55. The Balaban J connectivity index is 1.91. The minimum atomic E-state index is -0.270. The number of carbonyl (C=O) groups excluding carboxylic acids is 1. The second-order valence-corrected chi connectivity index (χ2v) is 6.20. The number of amides is 1. The molecule has 1 aromatic heterocycles. The Morgan fingerprint density at radius 3 is 2.33 bits per heavy atom.